The fourth-order valence-corrected chi connectivity index (χ4v) is 1.99. The van der Waals surface area contributed by atoms with Gasteiger partial charge in [0.25, 0.3) is 5.91 Å². The van der Waals surface area contributed by atoms with Crippen molar-refractivity contribution in [3.8, 4) is 0 Å². The summed E-state index contributed by atoms with van der Waals surface area (Å²) in [5, 5.41) is 11.1. The van der Waals surface area contributed by atoms with Crippen molar-refractivity contribution >= 4 is 22.4 Å². The molecule has 1 N–H and O–H groups in total. The van der Waals surface area contributed by atoms with E-state index in [1.54, 1.807) is 0 Å². The Kier molecular flexibility index (Phi) is 3.98. The van der Waals surface area contributed by atoms with E-state index in [0.29, 0.717) is 11.6 Å². The standard InChI is InChI=1S/C11H9F3N4OS/c1-2-8-17-18-10(20-8)16-9(19)6-3-4-7(15-5-6)11(12,13)14/h3-5H,2H2,1H3,(H,16,18,19). The summed E-state index contributed by atoms with van der Waals surface area (Å²) in [5.41, 5.74) is -1.02. The van der Waals surface area contributed by atoms with Gasteiger partial charge < -0.3 is 0 Å². The van der Waals surface area contributed by atoms with Crippen LogP contribution in [0.1, 0.15) is 28.0 Å². The van der Waals surface area contributed by atoms with Gasteiger partial charge in [0, 0.05) is 6.20 Å². The molecule has 0 atom stereocenters. The first-order valence-electron chi connectivity index (χ1n) is 5.57. The number of aromatic nitrogens is 3. The summed E-state index contributed by atoms with van der Waals surface area (Å²) in [7, 11) is 0. The van der Waals surface area contributed by atoms with Crippen LogP contribution in [0.5, 0.6) is 0 Å². The minimum absolute atomic E-state index is 0.0197. The van der Waals surface area contributed by atoms with E-state index >= 15 is 0 Å². The van der Waals surface area contributed by atoms with Gasteiger partial charge in [0.1, 0.15) is 10.7 Å². The molecule has 0 spiro atoms. The summed E-state index contributed by atoms with van der Waals surface area (Å²) in [5.74, 6) is -0.579. The highest BCUT2D eigenvalue weighted by molar-refractivity contribution is 7.15. The molecule has 5 nitrogen and oxygen atoms in total. The topological polar surface area (TPSA) is 67.8 Å². The van der Waals surface area contributed by atoms with Gasteiger partial charge in [-0.15, -0.1) is 10.2 Å². The van der Waals surface area contributed by atoms with Crippen LogP contribution < -0.4 is 5.32 Å². The van der Waals surface area contributed by atoms with Crippen molar-refractivity contribution in [2.45, 2.75) is 19.5 Å². The Morgan fingerprint density at radius 1 is 1.35 bits per heavy atom. The maximum Gasteiger partial charge on any atom is 0.433 e. The van der Waals surface area contributed by atoms with E-state index in [0.717, 1.165) is 23.3 Å². The first-order chi connectivity index (χ1) is 9.40. The number of pyridine rings is 1. The lowest BCUT2D eigenvalue weighted by molar-refractivity contribution is -0.141. The van der Waals surface area contributed by atoms with Crippen molar-refractivity contribution in [3.63, 3.8) is 0 Å². The summed E-state index contributed by atoms with van der Waals surface area (Å²) >= 11 is 1.21. The number of rotatable bonds is 3. The average Bonchev–Trinajstić information content (AvgIpc) is 2.85. The molecular formula is C11H9F3N4OS. The fraction of sp³-hybridized carbons (Fsp3) is 0.273. The Labute approximate surface area is 115 Å². The van der Waals surface area contributed by atoms with E-state index in [1.165, 1.54) is 11.3 Å². The molecule has 0 fully saturated rings. The third-order valence-corrected chi connectivity index (χ3v) is 3.29. The van der Waals surface area contributed by atoms with Crippen LogP contribution in [0.25, 0.3) is 0 Å². The van der Waals surface area contributed by atoms with Crippen LogP contribution in [0.3, 0.4) is 0 Å². The fourth-order valence-electron chi connectivity index (χ4n) is 1.31. The molecule has 2 heterocycles. The number of halogens is 3. The van der Waals surface area contributed by atoms with Crippen molar-refractivity contribution in [1.82, 2.24) is 15.2 Å². The first-order valence-corrected chi connectivity index (χ1v) is 6.38. The van der Waals surface area contributed by atoms with Gasteiger partial charge in [0.05, 0.1) is 5.56 Å². The van der Waals surface area contributed by atoms with Gasteiger partial charge in [-0.25, -0.2) is 0 Å². The maximum atomic E-state index is 12.3. The van der Waals surface area contributed by atoms with Gasteiger partial charge in [0.15, 0.2) is 0 Å². The Hall–Kier alpha value is -2.03. The van der Waals surface area contributed by atoms with E-state index in [9.17, 15) is 18.0 Å². The molecule has 0 aromatic carbocycles. The molecular weight excluding hydrogens is 293 g/mol. The number of nitrogens with one attached hydrogen (secondary N) is 1. The van der Waals surface area contributed by atoms with Crippen LogP contribution in [0.4, 0.5) is 18.3 Å². The molecule has 0 saturated carbocycles. The summed E-state index contributed by atoms with van der Waals surface area (Å²) in [6.45, 7) is 1.89. The first kappa shape index (κ1) is 14.4. The van der Waals surface area contributed by atoms with Gasteiger partial charge >= 0.3 is 6.18 Å². The van der Waals surface area contributed by atoms with E-state index in [2.05, 4.69) is 20.5 Å². The van der Waals surface area contributed by atoms with Crippen molar-refractivity contribution < 1.29 is 18.0 Å². The molecule has 0 aliphatic rings. The largest absolute Gasteiger partial charge is 0.433 e. The quantitative estimate of drug-likeness (QED) is 0.946. The normalized spacial score (nSPS) is 11.4. The molecule has 106 valence electrons. The highest BCUT2D eigenvalue weighted by Crippen LogP contribution is 2.27. The molecule has 0 aliphatic carbocycles. The van der Waals surface area contributed by atoms with E-state index in [1.807, 2.05) is 6.92 Å². The molecule has 0 aliphatic heterocycles. The van der Waals surface area contributed by atoms with Crippen LogP contribution in [0.15, 0.2) is 18.3 Å². The number of nitrogens with zero attached hydrogens (tertiary/aromatic N) is 3. The SMILES string of the molecule is CCc1nnc(NC(=O)c2ccc(C(F)(F)F)nc2)s1. The molecule has 2 aromatic rings. The Balaban J connectivity index is 2.09. The van der Waals surface area contributed by atoms with Crippen molar-refractivity contribution in [3.05, 3.63) is 34.6 Å². The average molecular weight is 302 g/mol. The molecule has 0 saturated heterocycles. The maximum absolute atomic E-state index is 12.3. The Morgan fingerprint density at radius 2 is 2.10 bits per heavy atom. The lowest BCUT2D eigenvalue weighted by Crippen LogP contribution is -2.14. The van der Waals surface area contributed by atoms with E-state index in [4.69, 9.17) is 0 Å². The molecule has 0 bridgehead atoms. The third-order valence-electron chi connectivity index (χ3n) is 2.31. The number of carbonyl (C=O) groups excluding carboxylic acids is 1. The molecule has 0 unspecified atom stereocenters. The minimum atomic E-state index is -4.52. The summed E-state index contributed by atoms with van der Waals surface area (Å²) in [4.78, 5) is 15.0. The predicted molar refractivity (Wildman–Crippen MR) is 66.5 cm³/mol. The molecule has 20 heavy (non-hydrogen) atoms. The van der Waals surface area contributed by atoms with Crippen LogP contribution in [-0.2, 0) is 12.6 Å². The number of carbonyl (C=O) groups is 1. The number of anilines is 1. The van der Waals surface area contributed by atoms with Gasteiger partial charge in [-0.2, -0.15) is 13.2 Å². The molecule has 0 radical (unpaired) electrons. The second-order valence-corrected chi connectivity index (χ2v) is 4.80. The smallest absolute Gasteiger partial charge is 0.296 e. The molecule has 2 rings (SSSR count). The lowest BCUT2D eigenvalue weighted by atomic mass is 10.2. The Morgan fingerprint density at radius 3 is 2.60 bits per heavy atom. The second kappa shape index (κ2) is 5.53. The van der Waals surface area contributed by atoms with Gasteiger partial charge in [-0.1, -0.05) is 18.3 Å². The number of hydrogen-bond donors (Lipinski definition) is 1. The lowest BCUT2D eigenvalue weighted by Gasteiger charge is -2.06. The third kappa shape index (κ3) is 3.29. The number of alkyl halides is 3. The van der Waals surface area contributed by atoms with Crippen LogP contribution in [0, 0.1) is 0 Å². The van der Waals surface area contributed by atoms with Crippen molar-refractivity contribution in [1.29, 1.82) is 0 Å². The number of hydrogen-bond acceptors (Lipinski definition) is 5. The molecule has 1 amide bonds. The van der Waals surface area contributed by atoms with Crippen LogP contribution in [0.2, 0.25) is 0 Å². The van der Waals surface area contributed by atoms with Crippen LogP contribution in [-0.4, -0.2) is 21.1 Å². The summed E-state index contributed by atoms with van der Waals surface area (Å²) in [6.07, 6.45) is -2.96. The zero-order valence-corrected chi connectivity index (χ0v) is 11.0. The highest BCUT2D eigenvalue weighted by atomic mass is 32.1. The number of aryl methyl sites for hydroxylation is 1. The van der Waals surface area contributed by atoms with Gasteiger partial charge in [0.2, 0.25) is 5.13 Å². The van der Waals surface area contributed by atoms with E-state index < -0.39 is 17.8 Å². The monoisotopic (exact) mass is 302 g/mol. The van der Waals surface area contributed by atoms with Crippen molar-refractivity contribution in [2.75, 3.05) is 5.32 Å². The predicted octanol–water partition coefficient (Wildman–Crippen LogP) is 2.77. The van der Waals surface area contributed by atoms with Gasteiger partial charge in [-0.3, -0.25) is 15.1 Å². The summed E-state index contributed by atoms with van der Waals surface area (Å²) < 4.78 is 37.0. The van der Waals surface area contributed by atoms with E-state index in [-0.39, 0.29) is 5.56 Å². The zero-order valence-electron chi connectivity index (χ0n) is 10.2. The summed E-state index contributed by atoms with van der Waals surface area (Å²) in [6, 6.07) is 1.82. The highest BCUT2D eigenvalue weighted by Gasteiger charge is 2.32. The number of amides is 1. The zero-order chi connectivity index (χ0) is 14.8. The second-order valence-electron chi connectivity index (χ2n) is 3.74. The minimum Gasteiger partial charge on any atom is -0.296 e. The van der Waals surface area contributed by atoms with Crippen molar-refractivity contribution in [2.24, 2.45) is 0 Å². The van der Waals surface area contributed by atoms with Gasteiger partial charge in [-0.05, 0) is 18.6 Å². The molecule has 9 heteroatoms. The molecule has 2 aromatic heterocycles. The Bertz CT molecular complexity index is 609. The van der Waals surface area contributed by atoms with Crippen LogP contribution >= 0.6 is 11.3 Å².